The van der Waals surface area contributed by atoms with Crippen LogP contribution in [-0.2, 0) is 4.79 Å². The topological polar surface area (TPSA) is 76.7 Å². The lowest BCUT2D eigenvalue weighted by Gasteiger charge is -2.00. The number of esters is 1. The van der Waals surface area contributed by atoms with Crippen LogP contribution < -0.4 is 4.74 Å². The van der Waals surface area contributed by atoms with E-state index in [0.29, 0.717) is 16.5 Å². The normalized spacial score (nSPS) is 13.5. The molecule has 1 aliphatic rings. The highest BCUT2D eigenvalue weighted by Crippen LogP contribution is 2.42. The van der Waals surface area contributed by atoms with Gasteiger partial charge in [-0.3, -0.25) is 4.79 Å². The summed E-state index contributed by atoms with van der Waals surface area (Å²) in [4.78, 5) is 22.9. The third-order valence-electron chi connectivity index (χ3n) is 3.47. The first kappa shape index (κ1) is 11.7. The number of hydrogen-bond donors (Lipinski definition) is 1. The highest BCUT2D eigenvalue weighted by Gasteiger charge is 2.32. The minimum absolute atomic E-state index is 0.154. The van der Waals surface area contributed by atoms with Crippen LogP contribution in [-0.4, -0.2) is 16.9 Å². The first-order chi connectivity index (χ1) is 10.1. The second-order valence-electron chi connectivity index (χ2n) is 4.71. The van der Waals surface area contributed by atoms with Gasteiger partial charge in [0.2, 0.25) is 0 Å². The molecule has 0 unspecified atom stereocenters. The molecule has 4 rings (SSSR count). The Morgan fingerprint density at radius 1 is 1.00 bits per heavy atom. The van der Waals surface area contributed by atoms with Gasteiger partial charge in [0.25, 0.3) is 11.7 Å². The molecule has 0 bridgehead atoms. The summed E-state index contributed by atoms with van der Waals surface area (Å²) in [5.74, 6) is -1.65. The van der Waals surface area contributed by atoms with E-state index in [2.05, 4.69) is 0 Å². The first-order valence-electron chi connectivity index (χ1n) is 6.26. The van der Waals surface area contributed by atoms with Crippen molar-refractivity contribution in [2.45, 2.75) is 0 Å². The highest BCUT2D eigenvalue weighted by molar-refractivity contribution is 6.44. The quantitative estimate of drug-likeness (QED) is 0.421. The Morgan fingerprint density at radius 3 is 2.52 bits per heavy atom. The molecule has 21 heavy (non-hydrogen) atoms. The Labute approximate surface area is 118 Å². The van der Waals surface area contributed by atoms with Crippen molar-refractivity contribution in [2.75, 3.05) is 0 Å². The molecule has 1 aliphatic heterocycles. The molecular weight excluding hydrogens is 272 g/mol. The third kappa shape index (κ3) is 1.57. The first-order valence-corrected chi connectivity index (χ1v) is 6.26. The summed E-state index contributed by atoms with van der Waals surface area (Å²) >= 11 is 0. The van der Waals surface area contributed by atoms with Crippen LogP contribution in [0.4, 0.5) is 0 Å². The Balaban J connectivity index is 2.02. The predicted octanol–water partition coefficient (Wildman–Crippen LogP) is 2.91. The molecule has 1 N–H and O–H groups in total. The van der Waals surface area contributed by atoms with Crippen molar-refractivity contribution < 1.29 is 23.8 Å². The van der Waals surface area contributed by atoms with E-state index in [1.165, 1.54) is 6.07 Å². The van der Waals surface area contributed by atoms with E-state index in [0.717, 1.165) is 5.56 Å². The fourth-order valence-electron chi connectivity index (χ4n) is 2.51. The maximum absolute atomic E-state index is 11.6. The molecule has 0 spiro atoms. The smallest absolute Gasteiger partial charge is 0.385 e. The summed E-state index contributed by atoms with van der Waals surface area (Å²) in [5, 5.41) is 10.6. The van der Waals surface area contributed by atoms with E-state index in [1.54, 1.807) is 6.07 Å². The Morgan fingerprint density at radius 2 is 1.76 bits per heavy atom. The highest BCUT2D eigenvalue weighted by atomic mass is 16.5. The van der Waals surface area contributed by atoms with Gasteiger partial charge in [0.05, 0.1) is 11.1 Å². The molecule has 0 fully saturated rings. The average Bonchev–Trinajstić information content (AvgIpc) is 2.94. The number of rotatable bonds is 1. The van der Waals surface area contributed by atoms with Crippen LogP contribution in [0.25, 0.3) is 22.1 Å². The second-order valence-corrected chi connectivity index (χ2v) is 4.71. The standard InChI is InChI=1S/C16H8O5/c17-14-10-7-11-9(6-12(10)21-16(14)19)13(15(18)20-11)8-4-2-1-3-5-8/h1-7,18H. The van der Waals surface area contributed by atoms with Crippen molar-refractivity contribution in [3.63, 3.8) is 0 Å². The molecule has 5 heteroatoms. The SMILES string of the molecule is O=C1Oc2cc3c(-c4ccccc4)c(O)oc3cc2C1=O. The van der Waals surface area contributed by atoms with Gasteiger partial charge in [0.15, 0.2) is 0 Å². The number of Topliss-reactive ketones (excluding diaryl/α,β-unsaturated/α-hetero) is 1. The van der Waals surface area contributed by atoms with Crippen molar-refractivity contribution in [3.8, 4) is 22.8 Å². The molecular formula is C16H8O5. The van der Waals surface area contributed by atoms with Crippen LogP contribution >= 0.6 is 0 Å². The van der Waals surface area contributed by atoms with Crippen molar-refractivity contribution in [2.24, 2.45) is 0 Å². The van der Waals surface area contributed by atoms with Crippen LogP contribution in [0.1, 0.15) is 10.4 Å². The molecule has 0 saturated carbocycles. The van der Waals surface area contributed by atoms with Gasteiger partial charge in [0.1, 0.15) is 11.3 Å². The molecule has 102 valence electrons. The van der Waals surface area contributed by atoms with E-state index in [1.807, 2.05) is 30.3 Å². The Kier molecular flexibility index (Phi) is 2.21. The lowest BCUT2D eigenvalue weighted by molar-refractivity contribution is -0.128. The number of benzene rings is 2. The molecule has 0 aliphatic carbocycles. The fourth-order valence-corrected chi connectivity index (χ4v) is 2.51. The third-order valence-corrected chi connectivity index (χ3v) is 3.47. The van der Waals surface area contributed by atoms with Gasteiger partial charge in [-0.15, -0.1) is 0 Å². The number of carbonyl (C=O) groups is 2. The summed E-state index contributed by atoms with van der Waals surface area (Å²) in [6.07, 6.45) is 0. The molecule has 2 aromatic carbocycles. The fraction of sp³-hybridized carbons (Fsp3) is 0. The summed E-state index contributed by atoms with van der Waals surface area (Å²) in [5.41, 5.74) is 1.76. The lowest BCUT2D eigenvalue weighted by Crippen LogP contribution is -2.10. The average molecular weight is 280 g/mol. The second kappa shape index (κ2) is 3.96. The van der Waals surface area contributed by atoms with Crippen LogP contribution in [0.3, 0.4) is 0 Å². The zero-order valence-corrected chi connectivity index (χ0v) is 10.6. The van der Waals surface area contributed by atoms with Crippen molar-refractivity contribution in [1.82, 2.24) is 0 Å². The number of ether oxygens (including phenoxy) is 1. The number of aromatic hydroxyl groups is 1. The largest absolute Gasteiger partial charge is 0.480 e. The molecule has 0 amide bonds. The molecule has 1 aromatic heterocycles. The van der Waals surface area contributed by atoms with E-state index in [9.17, 15) is 14.7 Å². The molecule has 5 nitrogen and oxygen atoms in total. The monoisotopic (exact) mass is 280 g/mol. The Bertz CT molecular complexity index is 905. The molecule has 3 aromatic rings. The van der Waals surface area contributed by atoms with Gasteiger partial charge in [-0.25, -0.2) is 4.79 Å². The van der Waals surface area contributed by atoms with E-state index >= 15 is 0 Å². The van der Waals surface area contributed by atoms with Gasteiger partial charge in [-0.1, -0.05) is 30.3 Å². The van der Waals surface area contributed by atoms with Crippen LogP contribution in [0.15, 0.2) is 46.9 Å². The molecule has 0 atom stereocenters. The van der Waals surface area contributed by atoms with Crippen LogP contribution in [0.2, 0.25) is 0 Å². The van der Waals surface area contributed by atoms with Gasteiger partial charge in [-0.2, -0.15) is 0 Å². The molecule has 0 radical (unpaired) electrons. The minimum atomic E-state index is -0.900. The zero-order valence-electron chi connectivity index (χ0n) is 10.6. The summed E-state index contributed by atoms with van der Waals surface area (Å²) in [6.45, 7) is 0. The van der Waals surface area contributed by atoms with Gasteiger partial charge >= 0.3 is 5.97 Å². The number of fused-ring (bicyclic) bond motifs is 2. The van der Waals surface area contributed by atoms with Crippen molar-refractivity contribution in [3.05, 3.63) is 48.0 Å². The number of ketones is 1. The molecule has 2 heterocycles. The Hall–Kier alpha value is -3.08. The van der Waals surface area contributed by atoms with E-state index in [4.69, 9.17) is 9.15 Å². The predicted molar refractivity (Wildman–Crippen MR) is 73.3 cm³/mol. The van der Waals surface area contributed by atoms with Crippen molar-refractivity contribution >= 4 is 22.7 Å². The van der Waals surface area contributed by atoms with Crippen LogP contribution in [0.5, 0.6) is 11.7 Å². The molecule has 0 saturated heterocycles. The summed E-state index contributed by atoms with van der Waals surface area (Å²) in [6, 6.07) is 12.2. The summed E-state index contributed by atoms with van der Waals surface area (Å²) in [7, 11) is 0. The minimum Gasteiger partial charge on any atom is -0.480 e. The van der Waals surface area contributed by atoms with E-state index < -0.39 is 11.8 Å². The number of hydrogen-bond acceptors (Lipinski definition) is 5. The van der Waals surface area contributed by atoms with Gasteiger partial charge in [0, 0.05) is 5.39 Å². The maximum atomic E-state index is 11.6. The van der Waals surface area contributed by atoms with E-state index in [-0.39, 0.29) is 17.3 Å². The van der Waals surface area contributed by atoms with Crippen LogP contribution in [0, 0.1) is 0 Å². The lowest BCUT2D eigenvalue weighted by atomic mass is 10.0. The number of furan rings is 1. The van der Waals surface area contributed by atoms with Crippen molar-refractivity contribution in [1.29, 1.82) is 0 Å². The zero-order chi connectivity index (χ0) is 14.6. The van der Waals surface area contributed by atoms with Gasteiger partial charge in [-0.05, 0) is 17.7 Å². The van der Waals surface area contributed by atoms with Gasteiger partial charge < -0.3 is 14.3 Å². The maximum Gasteiger partial charge on any atom is 0.385 e. The summed E-state index contributed by atoms with van der Waals surface area (Å²) < 4.78 is 10.2. The number of carbonyl (C=O) groups excluding carboxylic acids is 2.